The van der Waals surface area contributed by atoms with Gasteiger partial charge in [0.05, 0.1) is 44.8 Å². The summed E-state index contributed by atoms with van der Waals surface area (Å²) in [7, 11) is 1.16. The summed E-state index contributed by atoms with van der Waals surface area (Å²) in [5.74, 6) is 1.25. The third kappa shape index (κ3) is 6.68. The van der Waals surface area contributed by atoms with Crippen LogP contribution >= 0.6 is 8.53 Å². The molecule has 3 aromatic rings. The summed E-state index contributed by atoms with van der Waals surface area (Å²) in [6.07, 6.45) is -3.77. The van der Waals surface area contributed by atoms with Crippen molar-refractivity contribution in [3.05, 3.63) is 89.5 Å². The molecule has 3 aromatic carbocycles. The van der Waals surface area contributed by atoms with Crippen LogP contribution in [0.5, 0.6) is 17.2 Å². The van der Waals surface area contributed by atoms with Crippen LogP contribution in [0.2, 0.25) is 0 Å². The highest BCUT2D eigenvalue weighted by atomic mass is 31.2. The summed E-state index contributed by atoms with van der Waals surface area (Å²) < 4.78 is 22.2. The lowest BCUT2D eigenvalue weighted by Crippen LogP contribution is -2.52. The van der Waals surface area contributed by atoms with Gasteiger partial charge < -0.3 is 33.8 Å². The van der Waals surface area contributed by atoms with Crippen LogP contribution in [-0.2, 0) is 9.94 Å². The summed E-state index contributed by atoms with van der Waals surface area (Å²) in [6.45, 7) is 1.84. The molecular weight excluding hydrogens is 519 g/mol. The highest BCUT2D eigenvalue weighted by Crippen LogP contribution is 2.48. The average molecular weight is 555 g/mol. The largest absolute Gasteiger partial charge is 0.497 e. The molecule has 39 heavy (non-hydrogen) atoms. The lowest BCUT2D eigenvalue weighted by Gasteiger charge is -2.43. The van der Waals surface area contributed by atoms with E-state index in [0.29, 0.717) is 28.2 Å². The number of rotatable bonds is 14. The van der Waals surface area contributed by atoms with Crippen molar-refractivity contribution in [3.63, 3.8) is 0 Å². The van der Waals surface area contributed by atoms with E-state index in [1.807, 2.05) is 48.5 Å². The highest BCUT2D eigenvalue weighted by molar-refractivity contribution is 7.44. The molecule has 5 N–H and O–H groups in total. The van der Waals surface area contributed by atoms with Gasteiger partial charge in [-0.15, -0.1) is 0 Å². The number of aliphatic hydroxyl groups is 3. The summed E-state index contributed by atoms with van der Waals surface area (Å²) in [5.41, 5.74) is 6.55. The van der Waals surface area contributed by atoms with Crippen molar-refractivity contribution < 1.29 is 33.8 Å². The van der Waals surface area contributed by atoms with Crippen molar-refractivity contribution in [1.29, 1.82) is 5.26 Å². The molecule has 0 spiro atoms. The molecule has 3 unspecified atom stereocenters. The number of ether oxygens (including phenoxy) is 2. The number of aliphatic hydroxyl groups excluding tert-OH is 3. The summed E-state index contributed by atoms with van der Waals surface area (Å²) in [5, 5.41) is 42.6. The molecule has 0 aromatic heterocycles. The van der Waals surface area contributed by atoms with Gasteiger partial charge in [-0.2, -0.15) is 5.26 Å². The number of nitrogens with zero attached hydrogens (tertiary/aromatic N) is 1. The van der Waals surface area contributed by atoms with Crippen LogP contribution in [0.1, 0.15) is 36.5 Å². The smallest absolute Gasteiger partial charge is 0.315 e. The van der Waals surface area contributed by atoms with Gasteiger partial charge in [0.1, 0.15) is 18.0 Å². The Labute approximate surface area is 230 Å². The number of hydrogen-bond acceptors (Lipinski definition) is 9. The Hall–Kier alpha value is -3.22. The first kappa shape index (κ1) is 30.3. The predicted molar refractivity (Wildman–Crippen MR) is 149 cm³/mol. The van der Waals surface area contributed by atoms with Gasteiger partial charge in [0.25, 0.3) is 0 Å². The maximum atomic E-state index is 12.0. The van der Waals surface area contributed by atoms with Crippen molar-refractivity contribution in [1.82, 2.24) is 0 Å². The lowest BCUT2D eigenvalue weighted by molar-refractivity contribution is -0.0772. The lowest BCUT2D eigenvalue weighted by atomic mass is 9.64. The Balaban J connectivity index is 2.29. The van der Waals surface area contributed by atoms with E-state index in [1.54, 1.807) is 44.4 Å². The van der Waals surface area contributed by atoms with E-state index in [2.05, 4.69) is 0 Å². The molecule has 0 radical (unpaired) electrons. The fourth-order valence-corrected chi connectivity index (χ4v) is 5.23. The zero-order chi connectivity index (χ0) is 28.4. The van der Waals surface area contributed by atoms with Crippen LogP contribution < -0.4 is 19.5 Å². The van der Waals surface area contributed by atoms with Crippen molar-refractivity contribution in [2.75, 3.05) is 20.8 Å². The molecule has 208 valence electrons. The maximum Gasteiger partial charge on any atom is 0.315 e. The first-order chi connectivity index (χ1) is 18.8. The number of methoxy groups -OCH3 is 2. The monoisotopic (exact) mass is 554 g/mol. The molecule has 3 rings (SSSR count). The van der Waals surface area contributed by atoms with Crippen LogP contribution in [-0.4, -0.2) is 54.5 Å². The molecule has 5 atom stereocenters. The van der Waals surface area contributed by atoms with Gasteiger partial charge in [-0.05, 0) is 47.4 Å². The van der Waals surface area contributed by atoms with Crippen molar-refractivity contribution in [2.24, 2.45) is 5.50 Å². The molecule has 0 bridgehead atoms. The van der Waals surface area contributed by atoms with E-state index in [9.17, 15) is 15.3 Å². The molecule has 0 saturated carbocycles. The Morgan fingerprint density at radius 2 is 1.54 bits per heavy atom. The fraction of sp³-hybridized carbons (Fsp3) is 0.345. The van der Waals surface area contributed by atoms with Gasteiger partial charge in [0.15, 0.2) is 11.5 Å². The number of hydrogen-bond donors (Lipinski definition) is 4. The van der Waals surface area contributed by atoms with E-state index in [0.717, 1.165) is 0 Å². The van der Waals surface area contributed by atoms with Gasteiger partial charge in [-0.3, -0.25) is 5.50 Å². The number of nitriles is 1. The Bertz CT molecular complexity index is 1220. The molecule has 0 aliphatic carbocycles. The van der Waals surface area contributed by atoms with Crippen molar-refractivity contribution >= 4 is 8.53 Å². The first-order valence-corrected chi connectivity index (χ1v) is 13.7. The second kappa shape index (κ2) is 14.2. The molecule has 0 amide bonds. The SMILES string of the molecule is CC[C@H](O)[C@H](O)C(O)C(c1ccccc1)(c1ccc(OC)cc1)c1ccc(OC)c(OP(N)OCCC#N)c1. The molecule has 0 aliphatic rings. The van der Waals surface area contributed by atoms with Gasteiger partial charge >= 0.3 is 8.53 Å². The Kier molecular flexibility index (Phi) is 11.1. The molecule has 0 aliphatic heterocycles. The van der Waals surface area contributed by atoms with E-state index in [1.165, 1.54) is 7.11 Å². The van der Waals surface area contributed by atoms with Crippen LogP contribution in [0.25, 0.3) is 0 Å². The molecule has 10 heteroatoms. The van der Waals surface area contributed by atoms with E-state index >= 15 is 0 Å². The molecule has 0 heterocycles. The topological polar surface area (TPSA) is 147 Å². The van der Waals surface area contributed by atoms with Crippen molar-refractivity contribution in [3.8, 4) is 23.3 Å². The molecule has 9 nitrogen and oxygen atoms in total. The third-order valence-corrected chi connectivity index (χ3v) is 7.41. The molecule has 0 fully saturated rings. The minimum Gasteiger partial charge on any atom is -0.497 e. The van der Waals surface area contributed by atoms with Crippen LogP contribution in [0.4, 0.5) is 0 Å². The highest BCUT2D eigenvalue weighted by Gasteiger charge is 2.48. The first-order valence-electron chi connectivity index (χ1n) is 12.5. The van der Waals surface area contributed by atoms with E-state index in [4.69, 9.17) is 29.3 Å². The van der Waals surface area contributed by atoms with E-state index in [-0.39, 0.29) is 25.2 Å². The molecular formula is C29H35N2O7P. The average Bonchev–Trinajstić information content (AvgIpc) is 2.97. The summed E-state index contributed by atoms with van der Waals surface area (Å²) in [4.78, 5) is 0. The zero-order valence-corrected chi connectivity index (χ0v) is 23.1. The van der Waals surface area contributed by atoms with Gasteiger partial charge in [-0.25, -0.2) is 0 Å². The van der Waals surface area contributed by atoms with Gasteiger partial charge in [0.2, 0.25) is 0 Å². The van der Waals surface area contributed by atoms with Crippen LogP contribution in [0.3, 0.4) is 0 Å². The van der Waals surface area contributed by atoms with Crippen LogP contribution in [0, 0.1) is 11.3 Å². The third-order valence-electron chi connectivity index (χ3n) is 6.59. The minimum absolute atomic E-state index is 0.111. The van der Waals surface area contributed by atoms with Gasteiger partial charge in [0, 0.05) is 0 Å². The maximum absolute atomic E-state index is 12.0. The number of nitrogens with two attached hydrogens (primary N) is 1. The normalized spacial score (nSPS) is 15.7. The Morgan fingerprint density at radius 3 is 2.13 bits per heavy atom. The molecule has 0 saturated heterocycles. The summed E-state index contributed by atoms with van der Waals surface area (Å²) in [6, 6.07) is 23.5. The van der Waals surface area contributed by atoms with E-state index < -0.39 is 32.3 Å². The minimum atomic E-state index is -1.89. The second-order valence-corrected chi connectivity index (χ2v) is 9.81. The summed E-state index contributed by atoms with van der Waals surface area (Å²) >= 11 is 0. The van der Waals surface area contributed by atoms with Gasteiger partial charge in [-0.1, -0.05) is 55.5 Å². The van der Waals surface area contributed by atoms with Crippen LogP contribution in [0.15, 0.2) is 72.8 Å². The second-order valence-electron chi connectivity index (χ2n) is 8.80. The van der Waals surface area contributed by atoms with Crippen molar-refractivity contribution in [2.45, 2.75) is 43.5 Å². The Morgan fingerprint density at radius 1 is 0.897 bits per heavy atom. The standard InChI is InChI=1S/C29H35N2O7P/c1-4-24(32)27(33)28(34)29(20-9-6-5-7-10-20,21-11-14-23(35-2)15-12-21)22-13-16-25(36-3)26(19-22)38-39(31)37-18-8-17-30/h5-7,9-16,19,24,27-28,32-34H,4,8,18,31H2,1-3H3/t24-,27-,28?,29?,39?/m0/s1. The fourth-order valence-electron chi connectivity index (χ4n) is 4.57. The predicted octanol–water partition coefficient (Wildman–Crippen LogP) is 4.03. The quantitative estimate of drug-likeness (QED) is 0.132. The number of benzene rings is 3. The zero-order valence-electron chi connectivity index (χ0n) is 22.2.